The Balaban J connectivity index is 1.91. The average Bonchev–Trinajstić information content (AvgIpc) is 2.83. The van der Waals surface area contributed by atoms with Crippen molar-refractivity contribution in [1.82, 2.24) is 14.5 Å². The van der Waals surface area contributed by atoms with E-state index in [-0.39, 0.29) is 31.0 Å². The predicted molar refractivity (Wildman–Crippen MR) is 99.9 cm³/mol. The molecule has 0 radical (unpaired) electrons. The third-order valence-electron chi connectivity index (χ3n) is 4.36. The van der Waals surface area contributed by atoms with Crippen molar-refractivity contribution in [3.63, 3.8) is 0 Å². The lowest BCUT2D eigenvalue weighted by Gasteiger charge is -2.22. The van der Waals surface area contributed by atoms with Gasteiger partial charge in [0.1, 0.15) is 17.4 Å². The number of esters is 1. The fourth-order valence-corrected chi connectivity index (χ4v) is 3.18. The lowest BCUT2D eigenvalue weighted by molar-refractivity contribution is -0.157. The van der Waals surface area contributed by atoms with Crippen LogP contribution in [0.2, 0.25) is 0 Å². The maximum absolute atomic E-state index is 12.7. The Morgan fingerprint density at radius 3 is 2.57 bits per heavy atom. The largest absolute Gasteiger partial charge is 0.482 e. The standard InChI is InChI=1S/C19H23N3O6/c1-19(2,3)28-16(24)10-27-11-5-6-12-14(9-11)22(18(26)21(12)4)13-7-8-15(23)20-17(13)25/h5-6,9,13H,7-8,10H2,1-4H3,(H,20,23,25). The van der Waals surface area contributed by atoms with Crippen LogP contribution >= 0.6 is 0 Å². The zero-order valence-corrected chi connectivity index (χ0v) is 16.3. The molecular weight excluding hydrogens is 366 g/mol. The van der Waals surface area contributed by atoms with Crippen molar-refractivity contribution < 1.29 is 23.9 Å². The average molecular weight is 389 g/mol. The molecule has 1 aromatic heterocycles. The fourth-order valence-electron chi connectivity index (χ4n) is 3.18. The molecule has 0 spiro atoms. The van der Waals surface area contributed by atoms with Crippen LogP contribution in [0, 0.1) is 0 Å². The van der Waals surface area contributed by atoms with Crippen molar-refractivity contribution in [1.29, 1.82) is 0 Å². The normalized spacial score (nSPS) is 17.5. The highest BCUT2D eigenvalue weighted by Gasteiger charge is 2.31. The first kappa shape index (κ1) is 19.7. The second-order valence-corrected chi connectivity index (χ2v) is 7.70. The van der Waals surface area contributed by atoms with E-state index in [1.807, 2.05) is 0 Å². The first-order chi connectivity index (χ1) is 13.1. The molecule has 2 amide bonds. The first-order valence-electron chi connectivity index (χ1n) is 8.96. The number of carbonyl (C=O) groups excluding carboxylic acids is 3. The van der Waals surface area contributed by atoms with Gasteiger partial charge in [-0.3, -0.25) is 24.0 Å². The number of amides is 2. The molecule has 28 heavy (non-hydrogen) atoms. The van der Waals surface area contributed by atoms with Gasteiger partial charge in [0.15, 0.2) is 6.61 Å². The Labute approximate surface area is 161 Å². The summed E-state index contributed by atoms with van der Waals surface area (Å²) in [7, 11) is 1.61. The van der Waals surface area contributed by atoms with Gasteiger partial charge in [-0.1, -0.05) is 0 Å². The van der Waals surface area contributed by atoms with Crippen LogP contribution in [0.5, 0.6) is 5.75 Å². The summed E-state index contributed by atoms with van der Waals surface area (Å²) >= 11 is 0. The summed E-state index contributed by atoms with van der Waals surface area (Å²) in [5, 5.41) is 2.27. The number of imide groups is 1. The zero-order valence-electron chi connectivity index (χ0n) is 16.3. The van der Waals surface area contributed by atoms with Gasteiger partial charge in [0.2, 0.25) is 11.8 Å². The summed E-state index contributed by atoms with van der Waals surface area (Å²) in [5.74, 6) is -1.00. The molecule has 2 aromatic rings. The smallest absolute Gasteiger partial charge is 0.344 e. The highest BCUT2D eigenvalue weighted by molar-refractivity contribution is 6.00. The molecule has 1 aromatic carbocycles. The van der Waals surface area contributed by atoms with Crippen LogP contribution in [0.15, 0.2) is 23.0 Å². The molecule has 0 saturated carbocycles. The number of carbonyl (C=O) groups is 3. The summed E-state index contributed by atoms with van der Waals surface area (Å²) < 4.78 is 13.5. The molecule has 1 aliphatic rings. The number of ether oxygens (including phenoxy) is 2. The van der Waals surface area contributed by atoms with Gasteiger partial charge in [-0.25, -0.2) is 9.59 Å². The fraction of sp³-hybridized carbons (Fsp3) is 0.474. The molecule has 0 aliphatic carbocycles. The van der Waals surface area contributed by atoms with Gasteiger partial charge in [-0.2, -0.15) is 0 Å². The molecule has 1 aliphatic heterocycles. The zero-order chi connectivity index (χ0) is 20.6. The second kappa shape index (κ2) is 7.14. The van der Waals surface area contributed by atoms with Crippen LogP contribution in [0.25, 0.3) is 11.0 Å². The number of hydrogen-bond donors (Lipinski definition) is 1. The predicted octanol–water partition coefficient (Wildman–Crippen LogP) is 1.04. The van der Waals surface area contributed by atoms with Crippen LogP contribution in [0.3, 0.4) is 0 Å². The minimum atomic E-state index is -0.782. The minimum Gasteiger partial charge on any atom is -0.482 e. The van der Waals surface area contributed by atoms with E-state index in [4.69, 9.17) is 9.47 Å². The number of imidazole rings is 1. The number of aryl methyl sites for hydroxylation is 1. The van der Waals surface area contributed by atoms with E-state index < -0.39 is 23.5 Å². The molecule has 3 rings (SSSR count). The van der Waals surface area contributed by atoms with Crippen LogP contribution in [-0.4, -0.2) is 39.1 Å². The van der Waals surface area contributed by atoms with Gasteiger partial charge >= 0.3 is 11.7 Å². The molecule has 0 bridgehead atoms. The van der Waals surface area contributed by atoms with Gasteiger partial charge in [-0.05, 0) is 39.3 Å². The van der Waals surface area contributed by atoms with Crippen LogP contribution in [0.4, 0.5) is 0 Å². The van der Waals surface area contributed by atoms with E-state index in [2.05, 4.69) is 5.32 Å². The molecule has 1 fully saturated rings. The van der Waals surface area contributed by atoms with Gasteiger partial charge in [0.25, 0.3) is 0 Å². The second-order valence-electron chi connectivity index (χ2n) is 7.70. The number of benzene rings is 1. The Bertz CT molecular complexity index is 1010. The molecule has 9 nitrogen and oxygen atoms in total. The summed E-state index contributed by atoms with van der Waals surface area (Å²) in [6.45, 7) is 5.01. The molecule has 1 atom stereocenters. The third kappa shape index (κ3) is 3.92. The Kier molecular flexibility index (Phi) is 5.01. The molecule has 1 saturated heterocycles. The van der Waals surface area contributed by atoms with Gasteiger partial charge in [-0.15, -0.1) is 0 Å². The molecule has 1 unspecified atom stereocenters. The van der Waals surface area contributed by atoms with Gasteiger partial charge < -0.3 is 9.47 Å². The molecule has 2 heterocycles. The first-order valence-corrected chi connectivity index (χ1v) is 8.96. The van der Waals surface area contributed by atoms with Crippen molar-refractivity contribution in [2.75, 3.05) is 6.61 Å². The van der Waals surface area contributed by atoms with Crippen LogP contribution in [-0.2, 0) is 26.2 Å². The highest BCUT2D eigenvalue weighted by atomic mass is 16.6. The van der Waals surface area contributed by atoms with E-state index in [1.54, 1.807) is 46.0 Å². The quantitative estimate of drug-likeness (QED) is 0.618. The minimum absolute atomic E-state index is 0.161. The summed E-state index contributed by atoms with van der Waals surface area (Å²) in [6, 6.07) is 4.14. The molecule has 1 N–H and O–H groups in total. The van der Waals surface area contributed by atoms with Gasteiger partial charge in [0, 0.05) is 19.5 Å². The SMILES string of the molecule is Cn1c(=O)n(C2CCC(=O)NC2=O)c2cc(OCC(=O)OC(C)(C)C)ccc21. The number of aromatic nitrogens is 2. The number of piperidine rings is 1. The van der Waals surface area contributed by atoms with Crippen molar-refractivity contribution in [2.24, 2.45) is 7.05 Å². The topological polar surface area (TPSA) is 109 Å². The number of nitrogens with zero attached hydrogens (tertiary/aromatic N) is 2. The van der Waals surface area contributed by atoms with Gasteiger partial charge in [0.05, 0.1) is 11.0 Å². The Morgan fingerprint density at radius 1 is 1.21 bits per heavy atom. The number of nitrogens with one attached hydrogen (secondary N) is 1. The maximum atomic E-state index is 12.7. The van der Waals surface area contributed by atoms with Crippen molar-refractivity contribution in [3.05, 3.63) is 28.7 Å². The Morgan fingerprint density at radius 2 is 1.93 bits per heavy atom. The van der Waals surface area contributed by atoms with Crippen LogP contribution < -0.4 is 15.7 Å². The van der Waals surface area contributed by atoms with Crippen molar-refractivity contribution >= 4 is 28.8 Å². The number of rotatable bonds is 4. The van der Waals surface area contributed by atoms with E-state index in [1.165, 1.54) is 9.13 Å². The van der Waals surface area contributed by atoms with E-state index >= 15 is 0 Å². The summed E-state index contributed by atoms with van der Waals surface area (Å²) in [4.78, 5) is 48.2. The summed E-state index contributed by atoms with van der Waals surface area (Å²) in [6.07, 6.45) is 0.404. The highest BCUT2D eigenvalue weighted by Crippen LogP contribution is 2.26. The van der Waals surface area contributed by atoms with E-state index in [9.17, 15) is 19.2 Å². The molecular formula is C19H23N3O6. The van der Waals surface area contributed by atoms with Crippen LogP contribution in [0.1, 0.15) is 39.7 Å². The third-order valence-corrected chi connectivity index (χ3v) is 4.36. The Hall–Kier alpha value is -3.10. The maximum Gasteiger partial charge on any atom is 0.344 e. The number of fused-ring (bicyclic) bond motifs is 1. The van der Waals surface area contributed by atoms with E-state index in [0.717, 1.165) is 0 Å². The molecule has 9 heteroatoms. The lowest BCUT2D eigenvalue weighted by atomic mass is 10.1. The van der Waals surface area contributed by atoms with E-state index in [0.29, 0.717) is 16.8 Å². The van der Waals surface area contributed by atoms with Crippen molar-refractivity contribution in [3.8, 4) is 5.75 Å². The monoisotopic (exact) mass is 389 g/mol. The van der Waals surface area contributed by atoms with Crippen molar-refractivity contribution in [2.45, 2.75) is 45.3 Å². The lowest BCUT2D eigenvalue weighted by Crippen LogP contribution is -2.44. The number of hydrogen-bond acceptors (Lipinski definition) is 6. The molecule has 150 valence electrons. The summed E-state index contributed by atoms with van der Waals surface area (Å²) in [5.41, 5.74) is 0.118.